The molecule has 0 aliphatic heterocycles. The van der Waals surface area contributed by atoms with Crippen molar-refractivity contribution < 1.29 is 19.3 Å². The molecule has 2 aromatic rings. The molecular weight excluding hydrogens is 268 g/mol. The molecule has 0 heterocycles. The Kier molecular flexibility index (Phi) is 5.46. The van der Waals surface area contributed by atoms with Crippen molar-refractivity contribution in [2.24, 2.45) is 0 Å². The minimum atomic E-state index is -0.688. The molecule has 0 aromatic heterocycles. The molecule has 0 saturated heterocycles. The molecule has 4 heteroatoms. The van der Waals surface area contributed by atoms with Gasteiger partial charge in [-0.25, -0.2) is 0 Å². The molecule has 0 aliphatic rings. The normalized spacial score (nSPS) is 11.8. The summed E-state index contributed by atoms with van der Waals surface area (Å²) in [6.45, 7) is 2.74. The Labute approximate surface area is 124 Å². The second-order valence-corrected chi connectivity index (χ2v) is 4.51. The maximum atomic E-state index is 10.1. The van der Waals surface area contributed by atoms with Gasteiger partial charge in [-0.2, -0.15) is 0 Å². The fraction of sp³-hybridized carbons (Fsp3) is 0.294. The van der Waals surface area contributed by atoms with E-state index in [4.69, 9.17) is 14.2 Å². The summed E-state index contributed by atoms with van der Waals surface area (Å²) in [7, 11) is 1.61. The van der Waals surface area contributed by atoms with Crippen LogP contribution >= 0.6 is 0 Å². The van der Waals surface area contributed by atoms with E-state index in [0.29, 0.717) is 12.4 Å². The van der Waals surface area contributed by atoms with E-state index in [2.05, 4.69) is 0 Å². The summed E-state index contributed by atoms with van der Waals surface area (Å²) in [5.74, 6) is 2.18. The SMILES string of the molecule is CCOc1ccc(C(O)COc2cccc(OC)c2)cc1. The second-order valence-electron chi connectivity index (χ2n) is 4.51. The van der Waals surface area contributed by atoms with Crippen LogP contribution in [-0.4, -0.2) is 25.4 Å². The highest BCUT2D eigenvalue weighted by Gasteiger charge is 2.09. The summed E-state index contributed by atoms with van der Waals surface area (Å²) in [5, 5.41) is 10.1. The number of aliphatic hydroxyl groups excluding tert-OH is 1. The standard InChI is InChI=1S/C17H20O4/c1-3-20-14-9-7-13(8-10-14)17(18)12-21-16-6-4-5-15(11-16)19-2/h4-11,17-18H,3,12H2,1-2H3. The average Bonchev–Trinajstić information content (AvgIpc) is 2.54. The third-order valence-corrected chi connectivity index (χ3v) is 3.02. The van der Waals surface area contributed by atoms with Gasteiger partial charge >= 0.3 is 0 Å². The zero-order valence-corrected chi connectivity index (χ0v) is 12.3. The monoisotopic (exact) mass is 288 g/mol. The molecule has 0 aliphatic carbocycles. The predicted molar refractivity (Wildman–Crippen MR) is 81.1 cm³/mol. The minimum Gasteiger partial charge on any atom is -0.497 e. The van der Waals surface area contributed by atoms with Crippen molar-refractivity contribution in [2.45, 2.75) is 13.0 Å². The number of hydrogen-bond donors (Lipinski definition) is 1. The first kappa shape index (κ1) is 15.2. The Balaban J connectivity index is 1.92. The van der Waals surface area contributed by atoms with Crippen molar-refractivity contribution in [1.29, 1.82) is 0 Å². The molecule has 1 unspecified atom stereocenters. The van der Waals surface area contributed by atoms with Gasteiger partial charge in [0.25, 0.3) is 0 Å². The molecule has 1 atom stereocenters. The van der Waals surface area contributed by atoms with Crippen LogP contribution in [0, 0.1) is 0 Å². The first-order valence-electron chi connectivity index (χ1n) is 6.90. The van der Waals surface area contributed by atoms with Gasteiger partial charge in [0.1, 0.15) is 30.0 Å². The van der Waals surface area contributed by atoms with Gasteiger partial charge < -0.3 is 19.3 Å². The third-order valence-electron chi connectivity index (χ3n) is 3.02. The molecule has 0 saturated carbocycles. The van der Waals surface area contributed by atoms with Gasteiger partial charge in [0.15, 0.2) is 0 Å². The molecule has 1 N–H and O–H groups in total. The molecule has 21 heavy (non-hydrogen) atoms. The lowest BCUT2D eigenvalue weighted by molar-refractivity contribution is 0.108. The Morgan fingerprint density at radius 2 is 1.67 bits per heavy atom. The van der Waals surface area contributed by atoms with Crippen molar-refractivity contribution in [2.75, 3.05) is 20.3 Å². The smallest absolute Gasteiger partial charge is 0.123 e. The summed E-state index contributed by atoms with van der Waals surface area (Å²) in [4.78, 5) is 0. The Morgan fingerprint density at radius 3 is 2.33 bits per heavy atom. The van der Waals surface area contributed by atoms with Crippen molar-refractivity contribution in [1.82, 2.24) is 0 Å². The molecule has 2 aromatic carbocycles. The number of aliphatic hydroxyl groups is 1. The van der Waals surface area contributed by atoms with Gasteiger partial charge in [-0.15, -0.1) is 0 Å². The minimum absolute atomic E-state index is 0.182. The average molecular weight is 288 g/mol. The number of hydrogen-bond acceptors (Lipinski definition) is 4. The highest BCUT2D eigenvalue weighted by Crippen LogP contribution is 2.22. The highest BCUT2D eigenvalue weighted by molar-refractivity contribution is 5.33. The summed E-state index contributed by atoms with van der Waals surface area (Å²) in [6.07, 6.45) is -0.688. The van der Waals surface area contributed by atoms with E-state index in [9.17, 15) is 5.11 Å². The van der Waals surface area contributed by atoms with E-state index in [1.54, 1.807) is 13.2 Å². The molecule has 0 amide bonds. The maximum absolute atomic E-state index is 10.1. The van der Waals surface area contributed by atoms with E-state index in [1.165, 1.54) is 0 Å². The van der Waals surface area contributed by atoms with Crippen LogP contribution in [0.25, 0.3) is 0 Å². The zero-order chi connectivity index (χ0) is 15.1. The van der Waals surface area contributed by atoms with Crippen molar-refractivity contribution >= 4 is 0 Å². The molecule has 112 valence electrons. The Morgan fingerprint density at radius 1 is 0.952 bits per heavy atom. The first-order chi connectivity index (χ1) is 10.2. The molecule has 0 radical (unpaired) electrons. The van der Waals surface area contributed by atoms with Crippen LogP contribution in [0.1, 0.15) is 18.6 Å². The molecular formula is C17H20O4. The number of ether oxygens (including phenoxy) is 3. The van der Waals surface area contributed by atoms with E-state index < -0.39 is 6.10 Å². The molecule has 0 spiro atoms. The third kappa shape index (κ3) is 4.39. The number of methoxy groups -OCH3 is 1. The van der Waals surface area contributed by atoms with Crippen LogP contribution in [0.15, 0.2) is 48.5 Å². The summed E-state index contributed by atoms with van der Waals surface area (Å²) in [6, 6.07) is 14.7. The summed E-state index contributed by atoms with van der Waals surface area (Å²) < 4.78 is 16.1. The topological polar surface area (TPSA) is 47.9 Å². The van der Waals surface area contributed by atoms with Gasteiger partial charge in [0.2, 0.25) is 0 Å². The van der Waals surface area contributed by atoms with Gasteiger partial charge in [0, 0.05) is 6.07 Å². The van der Waals surface area contributed by atoms with Crippen LogP contribution < -0.4 is 14.2 Å². The Bertz CT molecular complexity index is 551. The van der Waals surface area contributed by atoms with Crippen LogP contribution in [0.5, 0.6) is 17.2 Å². The molecule has 0 fully saturated rings. The van der Waals surface area contributed by atoms with Crippen molar-refractivity contribution in [3.8, 4) is 17.2 Å². The summed E-state index contributed by atoms with van der Waals surface area (Å²) >= 11 is 0. The van der Waals surface area contributed by atoms with Crippen LogP contribution in [0.4, 0.5) is 0 Å². The molecule has 2 rings (SSSR count). The fourth-order valence-electron chi connectivity index (χ4n) is 1.92. The van der Waals surface area contributed by atoms with Gasteiger partial charge in [0.05, 0.1) is 13.7 Å². The van der Waals surface area contributed by atoms with E-state index in [-0.39, 0.29) is 6.61 Å². The van der Waals surface area contributed by atoms with E-state index in [0.717, 1.165) is 17.1 Å². The lowest BCUT2D eigenvalue weighted by Crippen LogP contribution is -2.09. The molecule has 4 nitrogen and oxygen atoms in total. The lowest BCUT2D eigenvalue weighted by atomic mass is 10.1. The maximum Gasteiger partial charge on any atom is 0.123 e. The first-order valence-corrected chi connectivity index (χ1v) is 6.90. The second kappa shape index (κ2) is 7.55. The zero-order valence-electron chi connectivity index (χ0n) is 12.3. The number of benzene rings is 2. The fourth-order valence-corrected chi connectivity index (χ4v) is 1.92. The molecule has 0 bridgehead atoms. The predicted octanol–water partition coefficient (Wildman–Crippen LogP) is 3.21. The van der Waals surface area contributed by atoms with E-state index >= 15 is 0 Å². The Hall–Kier alpha value is -2.20. The summed E-state index contributed by atoms with van der Waals surface area (Å²) in [5.41, 5.74) is 0.793. The quantitative estimate of drug-likeness (QED) is 0.850. The highest BCUT2D eigenvalue weighted by atomic mass is 16.5. The van der Waals surface area contributed by atoms with Gasteiger partial charge in [-0.05, 0) is 36.8 Å². The number of rotatable bonds is 7. The van der Waals surface area contributed by atoms with Gasteiger partial charge in [-0.1, -0.05) is 18.2 Å². The largest absolute Gasteiger partial charge is 0.497 e. The van der Waals surface area contributed by atoms with Crippen molar-refractivity contribution in [3.63, 3.8) is 0 Å². The lowest BCUT2D eigenvalue weighted by Gasteiger charge is -2.14. The van der Waals surface area contributed by atoms with Crippen molar-refractivity contribution in [3.05, 3.63) is 54.1 Å². The van der Waals surface area contributed by atoms with Crippen LogP contribution in [-0.2, 0) is 0 Å². The van der Waals surface area contributed by atoms with Gasteiger partial charge in [-0.3, -0.25) is 0 Å². The van der Waals surface area contributed by atoms with E-state index in [1.807, 2.05) is 49.4 Å². The van der Waals surface area contributed by atoms with Crippen LogP contribution in [0.2, 0.25) is 0 Å². The van der Waals surface area contributed by atoms with Crippen LogP contribution in [0.3, 0.4) is 0 Å².